The summed E-state index contributed by atoms with van der Waals surface area (Å²) in [6, 6.07) is 9.93. The summed E-state index contributed by atoms with van der Waals surface area (Å²) in [5, 5.41) is 3.83. The van der Waals surface area contributed by atoms with Crippen LogP contribution in [0.15, 0.2) is 52.9 Å². The van der Waals surface area contributed by atoms with E-state index in [4.69, 9.17) is 4.98 Å². The van der Waals surface area contributed by atoms with Crippen molar-refractivity contribution in [3.63, 3.8) is 0 Å². The third-order valence-electron chi connectivity index (χ3n) is 5.05. The van der Waals surface area contributed by atoms with E-state index >= 15 is 0 Å². The van der Waals surface area contributed by atoms with Crippen LogP contribution >= 0.6 is 23.1 Å². The highest BCUT2D eigenvalue weighted by Gasteiger charge is 2.30. The van der Waals surface area contributed by atoms with Crippen molar-refractivity contribution in [2.24, 2.45) is 0 Å². The van der Waals surface area contributed by atoms with E-state index in [2.05, 4.69) is 11.9 Å². The van der Waals surface area contributed by atoms with Crippen LogP contribution in [0.2, 0.25) is 0 Å². The lowest BCUT2D eigenvalue weighted by Crippen LogP contribution is -2.30. The number of nitrogens with zero attached hydrogens (tertiary/aromatic N) is 2. The van der Waals surface area contributed by atoms with Gasteiger partial charge in [-0.15, -0.1) is 17.9 Å². The number of hydrogen-bond acceptors (Lipinski definition) is 5. The maximum Gasteiger partial charge on any atom is 0.263 e. The van der Waals surface area contributed by atoms with Crippen LogP contribution in [-0.4, -0.2) is 21.5 Å². The first-order valence-corrected chi connectivity index (χ1v) is 11.3. The number of fused-ring (bicyclic) bond motifs is 1. The second-order valence-electron chi connectivity index (χ2n) is 7.25. The van der Waals surface area contributed by atoms with Crippen molar-refractivity contribution < 1.29 is 4.79 Å². The van der Waals surface area contributed by atoms with Crippen LogP contribution in [0.5, 0.6) is 0 Å². The number of allylic oxidation sites excluding steroid dienone is 1. The average Bonchev–Trinajstić information content (AvgIpc) is 3.47. The number of hydrogen-bond donors (Lipinski definition) is 1. The molecule has 2 aromatic heterocycles. The van der Waals surface area contributed by atoms with Crippen molar-refractivity contribution in [3.05, 3.63) is 69.3 Å². The number of benzene rings is 1. The molecule has 0 aliphatic heterocycles. The molecule has 1 aromatic carbocycles. The van der Waals surface area contributed by atoms with Gasteiger partial charge in [-0.2, -0.15) is 0 Å². The summed E-state index contributed by atoms with van der Waals surface area (Å²) in [5.74, 6) is -0.0401. The van der Waals surface area contributed by atoms with E-state index in [1.165, 1.54) is 23.1 Å². The lowest BCUT2D eigenvalue weighted by atomic mass is 10.1. The molecule has 1 amide bonds. The predicted octanol–water partition coefficient (Wildman–Crippen LogP) is 4.37. The Morgan fingerprint density at radius 1 is 1.38 bits per heavy atom. The summed E-state index contributed by atoms with van der Waals surface area (Å²) in [7, 11) is 0. The van der Waals surface area contributed by atoms with Gasteiger partial charge >= 0.3 is 0 Å². The first-order valence-electron chi connectivity index (χ1n) is 9.63. The third kappa shape index (κ3) is 4.02. The molecule has 1 N–H and O–H groups in total. The van der Waals surface area contributed by atoms with E-state index in [0.717, 1.165) is 33.7 Å². The molecule has 3 aromatic rings. The molecular formula is C22H23N3O2S2. The van der Waals surface area contributed by atoms with E-state index in [9.17, 15) is 9.59 Å². The Bertz CT molecular complexity index is 1130. The second kappa shape index (κ2) is 8.16. The van der Waals surface area contributed by atoms with Gasteiger partial charge in [0.2, 0.25) is 5.91 Å². The van der Waals surface area contributed by atoms with Crippen molar-refractivity contribution in [1.82, 2.24) is 14.9 Å². The lowest BCUT2D eigenvalue weighted by molar-refractivity contribution is -0.120. The standard InChI is InChI=1S/C22H23N3O2S2/c1-4-12-25-21(27)17-13(2)14(3)28-20(17)24-22(25)29-18(15-8-6-5-7-9-15)19(26)23-16-10-11-16/h4-9,16,18H,1,10-12H2,2-3H3,(H,23,26)/t18-/m1/s1. The van der Waals surface area contributed by atoms with Gasteiger partial charge in [0.05, 0.1) is 5.39 Å². The van der Waals surface area contributed by atoms with Gasteiger partial charge in [-0.25, -0.2) is 4.98 Å². The minimum atomic E-state index is -0.473. The lowest BCUT2D eigenvalue weighted by Gasteiger charge is -2.18. The van der Waals surface area contributed by atoms with Crippen LogP contribution < -0.4 is 10.9 Å². The molecule has 1 atom stereocenters. The molecule has 2 heterocycles. The summed E-state index contributed by atoms with van der Waals surface area (Å²) in [5.41, 5.74) is 1.80. The minimum Gasteiger partial charge on any atom is -0.352 e. The number of carbonyl (C=O) groups is 1. The summed E-state index contributed by atoms with van der Waals surface area (Å²) in [6.07, 6.45) is 3.74. The van der Waals surface area contributed by atoms with Crippen molar-refractivity contribution in [1.29, 1.82) is 0 Å². The number of carbonyl (C=O) groups excluding carboxylic acids is 1. The second-order valence-corrected chi connectivity index (χ2v) is 9.53. The fourth-order valence-corrected chi connectivity index (χ4v) is 5.38. The maximum absolute atomic E-state index is 13.2. The Morgan fingerprint density at radius 2 is 2.10 bits per heavy atom. The van der Waals surface area contributed by atoms with Crippen molar-refractivity contribution >= 4 is 39.2 Å². The molecule has 0 bridgehead atoms. The Kier molecular flexibility index (Phi) is 5.61. The largest absolute Gasteiger partial charge is 0.352 e. The van der Waals surface area contributed by atoms with Gasteiger partial charge < -0.3 is 5.32 Å². The van der Waals surface area contributed by atoms with Gasteiger partial charge in [0.15, 0.2) is 5.16 Å². The molecule has 5 nitrogen and oxygen atoms in total. The summed E-state index contributed by atoms with van der Waals surface area (Å²) in [4.78, 5) is 32.8. The van der Waals surface area contributed by atoms with E-state index < -0.39 is 5.25 Å². The van der Waals surface area contributed by atoms with Crippen molar-refractivity contribution in [3.8, 4) is 0 Å². The molecular weight excluding hydrogens is 402 g/mol. The number of thiophene rings is 1. The number of nitrogens with one attached hydrogen (secondary N) is 1. The number of amides is 1. The number of thioether (sulfide) groups is 1. The zero-order valence-corrected chi connectivity index (χ0v) is 18.1. The van der Waals surface area contributed by atoms with Gasteiger partial charge in [0.25, 0.3) is 5.56 Å². The third-order valence-corrected chi connectivity index (χ3v) is 7.40. The monoisotopic (exact) mass is 425 g/mol. The molecule has 29 heavy (non-hydrogen) atoms. The van der Waals surface area contributed by atoms with Gasteiger partial charge in [-0.05, 0) is 37.8 Å². The van der Waals surface area contributed by atoms with Crippen LogP contribution in [0.4, 0.5) is 0 Å². The van der Waals surface area contributed by atoms with Gasteiger partial charge in [0, 0.05) is 17.5 Å². The zero-order valence-electron chi connectivity index (χ0n) is 16.5. The van der Waals surface area contributed by atoms with Gasteiger partial charge in [0.1, 0.15) is 10.1 Å². The fourth-order valence-electron chi connectivity index (χ4n) is 3.20. The quantitative estimate of drug-likeness (QED) is 0.347. The zero-order chi connectivity index (χ0) is 20.5. The Balaban J connectivity index is 1.80. The highest BCUT2D eigenvalue weighted by Crippen LogP contribution is 2.37. The topological polar surface area (TPSA) is 64.0 Å². The van der Waals surface area contributed by atoms with Crippen LogP contribution in [0.1, 0.15) is 34.1 Å². The van der Waals surface area contributed by atoms with Gasteiger partial charge in [-0.1, -0.05) is 48.2 Å². The van der Waals surface area contributed by atoms with E-state index in [1.807, 2.05) is 44.2 Å². The number of aryl methyl sites for hydroxylation is 2. The highest BCUT2D eigenvalue weighted by atomic mass is 32.2. The molecule has 1 fully saturated rings. The van der Waals surface area contributed by atoms with E-state index in [0.29, 0.717) is 17.1 Å². The SMILES string of the molecule is C=CCn1c(S[C@@H](C(=O)NC2CC2)c2ccccc2)nc2sc(C)c(C)c2c1=O. The molecule has 0 unspecified atom stereocenters. The molecule has 1 saturated carbocycles. The van der Waals surface area contributed by atoms with E-state index in [-0.39, 0.29) is 17.5 Å². The maximum atomic E-state index is 13.2. The number of aromatic nitrogens is 2. The fraction of sp³-hybridized carbons (Fsp3) is 0.318. The van der Waals surface area contributed by atoms with Crippen LogP contribution in [0.25, 0.3) is 10.2 Å². The van der Waals surface area contributed by atoms with Crippen LogP contribution in [0, 0.1) is 13.8 Å². The molecule has 0 saturated heterocycles. The molecule has 1 aliphatic carbocycles. The molecule has 0 radical (unpaired) electrons. The van der Waals surface area contributed by atoms with Crippen molar-refractivity contribution in [2.45, 2.75) is 49.7 Å². The Labute approximate surface area is 177 Å². The summed E-state index contributed by atoms with van der Waals surface area (Å²) < 4.78 is 1.62. The number of rotatable bonds is 7. The first kappa shape index (κ1) is 19.9. The first-order chi connectivity index (χ1) is 14.0. The summed E-state index contributed by atoms with van der Waals surface area (Å²) in [6.45, 7) is 8.10. The summed E-state index contributed by atoms with van der Waals surface area (Å²) >= 11 is 2.85. The van der Waals surface area contributed by atoms with Crippen LogP contribution in [0.3, 0.4) is 0 Å². The normalized spacial score (nSPS) is 14.7. The minimum absolute atomic E-state index is 0.0401. The smallest absolute Gasteiger partial charge is 0.263 e. The predicted molar refractivity (Wildman–Crippen MR) is 120 cm³/mol. The highest BCUT2D eigenvalue weighted by molar-refractivity contribution is 8.00. The van der Waals surface area contributed by atoms with Gasteiger partial charge in [-0.3, -0.25) is 14.2 Å². The molecule has 150 valence electrons. The van der Waals surface area contributed by atoms with Crippen molar-refractivity contribution in [2.75, 3.05) is 0 Å². The Hall–Kier alpha value is -2.38. The molecule has 1 aliphatic rings. The molecule has 7 heteroatoms. The molecule has 0 spiro atoms. The van der Waals surface area contributed by atoms with Crippen LogP contribution in [-0.2, 0) is 11.3 Å². The van der Waals surface area contributed by atoms with E-state index in [1.54, 1.807) is 10.6 Å². The molecule has 4 rings (SSSR count). The Morgan fingerprint density at radius 3 is 2.76 bits per heavy atom. The average molecular weight is 426 g/mol.